The van der Waals surface area contributed by atoms with Gasteiger partial charge in [-0.3, -0.25) is 4.79 Å². The van der Waals surface area contributed by atoms with E-state index in [-0.39, 0.29) is 16.9 Å². The lowest BCUT2D eigenvalue weighted by molar-refractivity contribution is -0.139. The highest BCUT2D eigenvalue weighted by atomic mass is 32.2. The molecule has 0 radical (unpaired) electrons. The molecule has 0 fully saturated rings. The summed E-state index contributed by atoms with van der Waals surface area (Å²) in [6, 6.07) is 10.7. The Morgan fingerprint density at radius 1 is 1.11 bits per heavy atom. The van der Waals surface area contributed by atoms with Crippen molar-refractivity contribution in [3.63, 3.8) is 0 Å². The van der Waals surface area contributed by atoms with Crippen molar-refractivity contribution in [3.8, 4) is 11.1 Å². The van der Waals surface area contributed by atoms with Crippen molar-refractivity contribution in [3.05, 3.63) is 77.9 Å². The molecule has 0 saturated heterocycles. The van der Waals surface area contributed by atoms with Crippen LogP contribution in [0.4, 0.5) is 0 Å². The Kier molecular flexibility index (Phi) is 11.2. The van der Waals surface area contributed by atoms with E-state index in [1.54, 1.807) is 0 Å². The number of carboxylic acids is 1. The number of benzene rings is 2. The summed E-state index contributed by atoms with van der Waals surface area (Å²) in [6.45, 7) is 2.21. The molecule has 2 atom stereocenters. The lowest BCUT2D eigenvalue weighted by Gasteiger charge is -2.18. The van der Waals surface area contributed by atoms with Gasteiger partial charge in [-0.2, -0.15) is 11.8 Å². The molecule has 7 nitrogen and oxygen atoms in total. The number of rotatable bonds is 14. The first kappa shape index (κ1) is 29.7. The number of hydrogen-bond acceptors (Lipinski definition) is 5. The van der Waals surface area contributed by atoms with Gasteiger partial charge in [-0.15, -0.1) is 0 Å². The van der Waals surface area contributed by atoms with Crippen LogP contribution in [-0.2, 0) is 14.8 Å². The van der Waals surface area contributed by atoms with Crippen LogP contribution in [0.2, 0.25) is 0 Å². The van der Waals surface area contributed by atoms with E-state index in [4.69, 9.17) is 0 Å². The Balaban J connectivity index is 1.79. The minimum absolute atomic E-state index is 0.0600. The summed E-state index contributed by atoms with van der Waals surface area (Å²) in [4.78, 5) is 25.0. The van der Waals surface area contributed by atoms with Gasteiger partial charge in [0.15, 0.2) is 0 Å². The summed E-state index contributed by atoms with van der Waals surface area (Å²) < 4.78 is 28.9. The van der Waals surface area contributed by atoms with E-state index in [1.165, 1.54) is 30.0 Å². The van der Waals surface area contributed by atoms with E-state index in [1.807, 2.05) is 43.5 Å². The largest absolute Gasteiger partial charge is 0.480 e. The maximum Gasteiger partial charge on any atom is 0.326 e. The van der Waals surface area contributed by atoms with Crippen molar-refractivity contribution >= 4 is 33.7 Å². The number of carboxylic acid groups (broad SMARTS) is 1. The molecule has 1 aliphatic rings. The summed E-state index contributed by atoms with van der Waals surface area (Å²) in [7, 11) is -3.80. The third kappa shape index (κ3) is 8.31. The van der Waals surface area contributed by atoms with Crippen LogP contribution in [-0.4, -0.2) is 50.0 Å². The zero-order valence-corrected chi connectivity index (χ0v) is 23.5. The van der Waals surface area contributed by atoms with E-state index in [0.29, 0.717) is 29.3 Å². The molecule has 2 aromatic carbocycles. The van der Waals surface area contributed by atoms with Gasteiger partial charge < -0.3 is 10.4 Å². The molecule has 9 heteroatoms. The fourth-order valence-electron chi connectivity index (χ4n) is 4.38. The van der Waals surface area contributed by atoms with Crippen LogP contribution in [0, 0.1) is 12.8 Å². The molecule has 0 aromatic heterocycles. The van der Waals surface area contributed by atoms with Gasteiger partial charge in [0.2, 0.25) is 10.0 Å². The van der Waals surface area contributed by atoms with Crippen molar-refractivity contribution in [2.75, 3.05) is 18.6 Å². The predicted molar refractivity (Wildman–Crippen MR) is 154 cm³/mol. The number of carbonyl (C=O) groups excluding carboxylic acids is 1. The standard InChI is InChI=1S/C29H36N2O5S2/c1-21-10-6-7-14-24(21)26-20-23(15-16-25(26)28(32)31-27(29(33)34)17-19-37-2)38(35,36)30-18-9-8-13-22-11-4-3-5-12-22/h3-7,10-11,14-16,20,22,27,30H,8-9,12-13,17-19H2,1-2H3,(H,31,32)(H,33,34)/t22?,27-/m0/s1. The molecule has 3 rings (SSSR count). The summed E-state index contributed by atoms with van der Waals surface area (Å²) in [5.41, 5.74) is 2.24. The molecule has 0 aliphatic heterocycles. The van der Waals surface area contributed by atoms with Crippen LogP contribution in [0.15, 0.2) is 71.7 Å². The molecule has 0 bridgehead atoms. The fraction of sp³-hybridized carbons (Fsp3) is 0.379. The first-order valence-electron chi connectivity index (χ1n) is 12.8. The number of hydrogen-bond donors (Lipinski definition) is 3. The maximum atomic E-state index is 13.2. The molecule has 1 amide bonds. The number of sulfonamides is 1. The first-order chi connectivity index (χ1) is 18.2. The highest BCUT2D eigenvalue weighted by Gasteiger charge is 2.24. The smallest absolute Gasteiger partial charge is 0.326 e. The number of carbonyl (C=O) groups is 2. The minimum atomic E-state index is -3.80. The van der Waals surface area contributed by atoms with Crippen LogP contribution in [0.25, 0.3) is 11.1 Å². The molecular weight excluding hydrogens is 520 g/mol. The Morgan fingerprint density at radius 3 is 2.58 bits per heavy atom. The normalized spacial score (nSPS) is 15.8. The lowest BCUT2D eigenvalue weighted by Crippen LogP contribution is -2.41. The molecule has 1 aliphatic carbocycles. The number of aliphatic carboxylic acids is 1. The van der Waals surface area contributed by atoms with Crippen LogP contribution in [0.1, 0.15) is 48.0 Å². The molecule has 0 spiro atoms. The van der Waals surface area contributed by atoms with Gasteiger partial charge in [0.25, 0.3) is 5.91 Å². The van der Waals surface area contributed by atoms with Gasteiger partial charge in [-0.05, 0) is 85.4 Å². The summed E-state index contributed by atoms with van der Waals surface area (Å²) in [6.07, 6.45) is 14.3. The maximum absolute atomic E-state index is 13.2. The zero-order chi connectivity index (χ0) is 27.5. The van der Waals surface area contributed by atoms with Crippen molar-refractivity contribution < 1.29 is 23.1 Å². The van der Waals surface area contributed by atoms with Crippen molar-refractivity contribution in [2.24, 2.45) is 5.92 Å². The fourth-order valence-corrected chi connectivity index (χ4v) is 5.95. The third-order valence-corrected chi connectivity index (χ3v) is 8.66. The van der Waals surface area contributed by atoms with Crippen molar-refractivity contribution in [1.82, 2.24) is 10.0 Å². The van der Waals surface area contributed by atoms with E-state index in [9.17, 15) is 23.1 Å². The van der Waals surface area contributed by atoms with Gasteiger partial charge in [0, 0.05) is 12.1 Å². The lowest BCUT2D eigenvalue weighted by atomic mass is 9.95. The molecule has 0 saturated carbocycles. The molecule has 38 heavy (non-hydrogen) atoms. The number of aryl methyl sites for hydroxylation is 1. The van der Waals surface area contributed by atoms with Gasteiger partial charge in [0.1, 0.15) is 6.04 Å². The Bertz CT molecular complexity index is 1290. The molecule has 1 unspecified atom stereocenters. The average molecular weight is 557 g/mol. The number of thioether (sulfide) groups is 1. The van der Waals surface area contributed by atoms with Crippen LogP contribution in [0.3, 0.4) is 0 Å². The van der Waals surface area contributed by atoms with Gasteiger partial charge >= 0.3 is 5.97 Å². The van der Waals surface area contributed by atoms with Gasteiger partial charge in [-0.1, -0.05) is 55.0 Å². The van der Waals surface area contributed by atoms with Crippen LogP contribution in [0.5, 0.6) is 0 Å². The number of allylic oxidation sites excluding steroid dienone is 4. The van der Waals surface area contributed by atoms with Gasteiger partial charge in [-0.25, -0.2) is 17.9 Å². The summed E-state index contributed by atoms with van der Waals surface area (Å²) in [5.74, 6) is -0.572. The molecular formula is C29H36N2O5S2. The van der Waals surface area contributed by atoms with E-state index >= 15 is 0 Å². The van der Waals surface area contributed by atoms with E-state index in [0.717, 1.165) is 31.2 Å². The van der Waals surface area contributed by atoms with E-state index in [2.05, 4.69) is 28.3 Å². The second-order valence-electron chi connectivity index (χ2n) is 9.37. The molecule has 204 valence electrons. The number of unbranched alkanes of at least 4 members (excludes halogenated alkanes) is 1. The first-order valence-corrected chi connectivity index (χ1v) is 15.7. The van der Waals surface area contributed by atoms with Crippen LogP contribution >= 0.6 is 11.8 Å². The highest BCUT2D eigenvalue weighted by molar-refractivity contribution is 7.98. The molecule has 0 heterocycles. The summed E-state index contributed by atoms with van der Waals surface area (Å²) >= 11 is 1.50. The topological polar surface area (TPSA) is 113 Å². The number of amides is 1. The Labute approximate surface area is 229 Å². The Hall–Kier alpha value is -2.88. The molecule has 3 N–H and O–H groups in total. The monoisotopic (exact) mass is 556 g/mol. The second kappa shape index (κ2) is 14.3. The Morgan fingerprint density at radius 2 is 1.89 bits per heavy atom. The highest BCUT2D eigenvalue weighted by Crippen LogP contribution is 2.30. The predicted octanol–water partition coefficient (Wildman–Crippen LogP) is 5.18. The van der Waals surface area contributed by atoms with E-state index < -0.39 is 27.9 Å². The summed E-state index contributed by atoms with van der Waals surface area (Å²) in [5, 5.41) is 12.2. The second-order valence-corrected chi connectivity index (χ2v) is 12.1. The minimum Gasteiger partial charge on any atom is -0.480 e. The molecule has 2 aromatic rings. The third-order valence-electron chi connectivity index (χ3n) is 6.56. The zero-order valence-electron chi connectivity index (χ0n) is 21.9. The van der Waals surface area contributed by atoms with Gasteiger partial charge in [0.05, 0.1) is 4.90 Å². The van der Waals surface area contributed by atoms with Crippen LogP contribution < -0.4 is 10.0 Å². The quantitative estimate of drug-likeness (QED) is 0.277. The van der Waals surface area contributed by atoms with Crippen molar-refractivity contribution in [2.45, 2.75) is 50.0 Å². The average Bonchev–Trinajstić information content (AvgIpc) is 2.91. The SMILES string of the molecule is CSCC[C@H](NC(=O)c1ccc(S(=O)(=O)NCCCCC2C=CC=CC2)cc1-c1ccccc1C)C(=O)O. The van der Waals surface area contributed by atoms with Crippen molar-refractivity contribution in [1.29, 1.82) is 0 Å². The number of nitrogens with one attached hydrogen (secondary N) is 2.